The van der Waals surface area contributed by atoms with Crippen LogP contribution in [0.5, 0.6) is 0 Å². The van der Waals surface area contributed by atoms with Gasteiger partial charge in [-0.25, -0.2) is 4.79 Å². The second-order valence-corrected chi connectivity index (χ2v) is 7.77. The summed E-state index contributed by atoms with van der Waals surface area (Å²) in [5, 5.41) is 3.55. The van der Waals surface area contributed by atoms with Crippen LogP contribution in [0.15, 0.2) is 59.1 Å². The molecule has 28 heavy (non-hydrogen) atoms. The van der Waals surface area contributed by atoms with Crippen LogP contribution in [0.4, 0.5) is 5.69 Å². The van der Waals surface area contributed by atoms with Crippen molar-refractivity contribution in [2.75, 3.05) is 18.2 Å². The van der Waals surface area contributed by atoms with Gasteiger partial charge >= 0.3 is 5.97 Å². The number of carbonyl (C=O) groups excluding carboxylic acids is 2. The Balaban J connectivity index is 1.47. The number of nitrogens with two attached hydrogens (primary N) is 1. The van der Waals surface area contributed by atoms with E-state index < -0.39 is 0 Å². The minimum absolute atomic E-state index is 0.106. The summed E-state index contributed by atoms with van der Waals surface area (Å²) in [6.07, 6.45) is 3.61. The van der Waals surface area contributed by atoms with Crippen molar-refractivity contribution in [3.63, 3.8) is 0 Å². The molecule has 0 radical (unpaired) electrons. The smallest absolute Gasteiger partial charge is 0.337 e. The van der Waals surface area contributed by atoms with Crippen molar-refractivity contribution in [3.05, 3.63) is 75.8 Å². The predicted molar refractivity (Wildman–Crippen MR) is 113 cm³/mol. The molecule has 6 heteroatoms. The summed E-state index contributed by atoms with van der Waals surface area (Å²) in [4.78, 5) is 23.7. The van der Waals surface area contributed by atoms with Crippen LogP contribution in [0.3, 0.4) is 0 Å². The summed E-state index contributed by atoms with van der Waals surface area (Å²) in [6, 6.07) is 15.5. The van der Waals surface area contributed by atoms with Gasteiger partial charge in [0.25, 0.3) is 5.91 Å². The van der Waals surface area contributed by atoms with E-state index in [1.54, 1.807) is 12.1 Å². The van der Waals surface area contributed by atoms with Gasteiger partial charge in [-0.1, -0.05) is 24.3 Å². The Morgan fingerprint density at radius 2 is 1.64 bits per heavy atom. The van der Waals surface area contributed by atoms with E-state index in [4.69, 9.17) is 10.5 Å². The standard InChI is InChI=1S/C22H24N2O3S/c1-27-22(26)17-9-5-15(6-10-17)3-2-4-16-7-11-18(12-8-16)24-21(25)19-13-14-28-20(19)23/h5-12H,2-4,13-14,23H2,1H3,(H,24,25). The second kappa shape index (κ2) is 9.46. The zero-order valence-corrected chi connectivity index (χ0v) is 16.7. The fourth-order valence-corrected chi connectivity index (χ4v) is 3.98. The number of amides is 1. The Morgan fingerprint density at radius 1 is 1.04 bits per heavy atom. The molecule has 2 aromatic carbocycles. The summed E-state index contributed by atoms with van der Waals surface area (Å²) in [7, 11) is 1.38. The fourth-order valence-electron chi connectivity index (χ4n) is 3.08. The molecule has 5 nitrogen and oxygen atoms in total. The molecule has 1 aliphatic heterocycles. The van der Waals surface area contributed by atoms with Crippen molar-refractivity contribution in [2.45, 2.75) is 25.7 Å². The molecule has 0 fully saturated rings. The lowest BCUT2D eigenvalue weighted by Gasteiger charge is -2.08. The highest BCUT2D eigenvalue weighted by molar-refractivity contribution is 8.03. The van der Waals surface area contributed by atoms with E-state index in [0.717, 1.165) is 37.1 Å². The zero-order chi connectivity index (χ0) is 19.9. The monoisotopic (exact) mass is 396 g/mol. The molecule has 0 saturated carbocycles. The van der Waals surface area contributed by atoms with E-state index in [1.165, 1.54) is 30.0 Å². The van der Waals surface area contributed by atoms with Gasteiger partial charge in [0, 0.05) is 17.0 Å². The molecule has 0 aliphatic carbocycles. The summed E-state index contributed by atoms with van der Waals surface area (Å²) < 4.78 is 4.71. The van der Waals surface area contributed by atoms with E-state index in [2.05, 4.69) is 5.32 Å². The lowest BCUT2D eigenvalue weighted by molar-refractivity contribution is -0.113. The molecule has 1 heterocycles. The molecule has 3 rings (SSSR count). The molecule has 0 spiro atoms. The molecule has 0 unspecified atom stereocenters. The maximum absolute atomic E-state index is 12.2. The number of thioether (sulfide) groups is 1. The van der Waals surface area contributed by atoms with Crippen molar-refractivity contribution in [1.29, 1.82) is 0 Å². The van der Waals surface area contributed by atoms with Gasteiger partial charge in [-0.05, 0) is 61.1 Å². The van der Waals surface area contributed by atoms with Crippen LogP contribution in [0.2, 0.25) is 0 Å². The number of benzene rings is 2. The Labute approximate surface area is 169 Å². The Hall–Kier alpha value is -2.73. The first-order valence-corrected chi connectivity index (χ1v) is 10.2. The highest BCUT2D eigenvalue weighted by Gasteiger charge is 2.19. The number of carbonyl (C=O) groups is 2. The van der Waals surface area contributed by atoms with E-state index in [-0.39, 0.29) is 11.9 Å². The Kier molecular flexibility index (Phi) is 6.76. The van der Waals surface area contributed by atoms with Gasteiger partial charge in [0.1, 0.15) is 0 Å². The minimum atomic E-state index is -0.315. The largest absolute Gasteiger partial charge is 0.465 e. The summed E-state index contributed by atoms with van der Waals surface area (Å²) >= 11 is 1.53. The number of rotatable bonds is 7. The first-order chi connectivity index (χ1) is 13.6. The molecular weight excluding hydrogens is 372 g/mol. The van der Waals surface area contributed by atoms with Crippen LogP contribution < -0.4 is 11.1 Å². The highest BCUT2D eigenvalue weighted by atomic mass is 32.2. The van der Waals surface area contributed by atoms with Gasteiger partial charge in [0.15, 0.2) is 0 Å². The quantitative estimate of drug-likeness (QED) is 0.694. The van der Waals surface area contributed by atoms with E-state index in [9.17, 15) is 9.59 Å². The van der Waals surface area contributed by atoms with Gasteiger partial charge in [0.05, 0.1) is 17.7 Å². The fraction of sp³-hybridized carbons (Fsp3) is 0.273. The maximum Gasteiger partial charge on any atom is 0.337 e. The van der Waals surface area contributed by atoms with E-state index >= 15 is 0 Å². The van der Waals surface area contributed by atoms with Gasteiger partial charge in [-0.15, -0.1) is 11.8 Å². The molecule has 3 N–H and O–H groups in total. The third-order valence-corrected chi connectivity index (χ3v) is 5.66. The molecule has 0 saturated heterocycles. The number of aryl methyl sites for hydroxylation is 2. The average molecular weight is 397 g/mol. The van der Waals surface area contributed by atoms with E-state index in [1.807, 2.05) is 36.4 Å². The van der Waals surface area contributed by atoms with Gasteiger partial charge in [-0.2, -0.15) is 0 Å². The summed E-state index contributed by atoms with van der Waals surface area (Å²) in [6.45, 7) is 0. The van der Waals surface area contributed by atoms with Gasteiger partial charge in [-0.3, -0.25) is 4.79 Å². The molecule has 2 aromatic rings. The lowest BCUT2D eigenvalue weighted by Crippen LogP contribution is -2.15. The number of ether oxygens (including phenoxy) is 1. The number of nitrogens with one attached hydrogen (secondary N) is 1. The third-order valence-electron chi connectivity index (χ3n) is 4.70. The van der Waals surface area contributed by atoms with Crippen LogP contribution in [-0.4, -0.2) is 24.7 Å². The van der Waals surface area contributed by atoms with Crippen molar-refractivity contribution in [2.24, 2.45) is 5.73 Å². The lowest BCUT2D eigenvalue weighted by atomic mass is 10.0. The normalized spacial score (nSPS) is 13.5. The van der Waals surface area contributed by atoms with Gasteiger partial charge in [0.2, 0.25) is 0 Å². The number of hydrogen-bond acceptors (Lipinski definition) is 5. The number of methoxy groups -OCH3 is 1. The molecule has 146 valence electrons. The van der Waals surface area contributed by atoms with Crippen molar-refractivity contribution in [3.8, 4) is 0 Å². The molecule has 0 aromatic heterocycles. The van der Waals surface area contributed by atoms with Crippen LogP contribution in [-0.2, 0) is 22.4 Å². The SMILES string of the molecule is COC(=O)c1ccc(CCCc2ccc(NC(=O)C3=C(N)SCC3)cc2)cc1. The zero-order valence-electron chi connectivity index (χ0n) is 15.9. The van der Waals surface area contributed by atoms with Crippen LogP contribution in [0, 0.1) is 0 Å². The molecular formula is C22H24N2O3S. The Morgan fingerprint density at radius 3 is 2.18 bits per heavy atom. The predicted octanol–water partition coefficient (Wildman–Crippen LogP) is 3.89. The molecule has 1 amide bonds. The van der Waals surface area contributed by atoms with Crippen molar-refractivity contribution >= 4 is 29.3 Å². The first kappa shape index (κ1) is 20.0. The van der Waals surface area contributed by atoms with Crippen LogP contribution >= 0.6 is 11.8 Å². The maximum atomic E-state index is 12.2. The second-order valence-electron chi connectivity index (χ2n) is 6.63. The highest BCUT2D eigenvalue weighted by Crippen LogP contribution is 2.28. The van der Waals surface area contributed by atoms with Gasteiger partial charge < -0.3 is 15.8 Å². The Bertz CT molecular complexity index is 874. The molecule has 0 atom stereocenters. The van der Waals surface area contributed by atoms with Crippen LogP contribution in [0.25, 0.3) is 0 Å². The minimum Gasteiger partial charge on any atom is -0.465 e. The molecule has 0 bridgehead atoms. The average Bonchev–Trinajstić information content (AvgIpc) is 3.15. The van der Waals surface area contributed by atoms with E-state index in [0.29, 0.717) is 16.2 Å². The molecule has 1 aliphatic rings. The number of anilines is 1. The topological polar surface area (TPSA) is 81.4 Å². The number of hydrogen-bond donors (Lipinski definition) is 2. The first-order valence-electron chi connectivity index (χ1n) is 9.26. The third kappa shape index (κ3) is 5.16. The van der Waals surface area contributed by atoms with Crippen molar-refractivity contribution < 1.29 is 14.3 Å². The number of esters is 1. The summed E-state index contributed by atoms with van der Waals surface area (Å²) in [5.74, 6) is 0.453. The van der Waals surface area contributed by atoms with Crippen LogP contribution in [0.1, 0.15) is 34.3 Å². The van der Waals surface area contributed by atoms with Crippen molar-refractivity contribution in [1.82, 2.24) is 0 Å². The summed E-state index contributed by atoms with van der Waals surface area (Å²) in [5.41, 5.74) is 10.3.